The summed E-state index contributed by atoms with van der Waals surface area (Å²) in [5.41, 5.74) is 1.76. The predicted octanol–water partition coefficient (Wildman–Crippen LogP) is 14.9. The van der Waals surface area contributed by atoms with Gasteiger partial charge in [0.25, 0.3) is 0 Å². The first kappa shape index (κ1) is 58.5. The van der Waals surface area contributed by atoms with Crippen molar-refractivity contribution in [2.24, 2.45) is 0 Å². The molecule has 1 aromatic rings. The summed E-state index contributed by atoms with van der Waals surface area (Å²) in [6.45, 7) is 12.8. The molecule has 0 saturated carbocycles. The fourth-order valence-corrected chi connectivity index (χ4v) is 9.47. The molecule has 8 nitrogen and oxygen atoms in total. The molecule has 1 amide bonds. The number of esters is 2. The Bertz CT molecular complexity index is 1360. The highest BCUT2D eigenvalue weighted by molar-refractivity contribution is 7.12. The lowest BCUT2D eigenvalue weighted by Crippen LogP contribution is -2.35. The first-order valence-electron chi connectivity index (χ1n) is 26.1. The molecule has 1 atom stereocenters. The van der Waals surface area contributed by atoms with Crippen LogP contribution in [0.2, 0.25) is 0 Å². The molecule has 0 aromatic carbocycles. The number of rotatable bonds is 38. The van der Waals surface area contributed by atoms with Crippen molar-refractivity contribution in [2.75, 3.05) is 33.8 Å². The molecule has 0 aliphatic carbocycles. The van der Waals surface area contributed by atoms with Crippen LogP contribution in [-0.4, -0.2) is 73.3 Å². The van der Waals surface area contributed by atoms with Crippen LogP contribution in [0.25, 0.3) is 0 Å². The van der Waals surface area contributed by atoms with Gasteiger partial charge in [-0.3, -0.25) is 9.59 Å². The first-order valence-corrected chi connectivity index (χ1v) is 26.9. The fraction of sp³-hybridized carbons (Fsp3) is 0.815. The van der Waals surface area contributed by atoms with Gasteiger partial charge in [0.1, 0.15) is 11.9 Å². The highest BCUT2D eigenvalue weighted by atomic mass is 32.1. The van der Waals surface area contributed by atoms with Gasteiger partial charge in [-0.1, -0.05) is 136 Å². The molecule has 9 heteroatoms. The van der Waals surface area contributed by atoms with E-state index in [1.807, 2.05) is 25.9 Å². The molecule has 0 fully saturated rings. The van der Waals surface area contributed by atoms with E-state index in [1.54, 1.807) is 18.3 Å². The van der Waals surface area contributed by atoms with E-state index in [9.17, 15) is 19.2 Å². The number of amides is 1. The lowest BCUT2D eigenvalue weighted by Gasteiger charge is -2.27. The van der Waals surface area contributed by atoms with Crippen molar-refractivity contribution in [3.8, 4) is 0 Å². The number of ether oxygens (including phenoxy) is 2. The smallest absolute Gasteiger partial charge is 0.339 e. The summed E-state index contributed by atoms with van der Waals surface area (Å²) >= 11 is 1.60. The Morgan fingerprint density at radius 3 is 1.75 bits per heavy atom. The topological polar surface area (TPSA) is 93.2 Å². The molecule has 2 rings (SSSR count). The van der Waals surface area contributed by atoms with E-state index in [4.69, 9.17) is 9.47 Å². The van der Waals surface area contributed by atoms with Gasteiger partial charge >= 0.3 is 11.9 Å². The summed E-state index contributed by atoms with van der Waals surface area (Å²) < 4.78 is 11.5. The van der Waals surface area contributed by atoms with E-state index in [2.05, 4.69) is 37.8 Å². The quantitative estimate of drug-likeness (QED) is 0.0371. The minimum atomic E-state index is -0.240. The number of Topliss-reactive ketones (excluding diaryl/α,β-unsaturated/α-hetero) is 1. The number of unbranched alkanes of at least 4 members (excludes halogenated alkanes) is 20. The molecule has 1 aliphatic heterocycles. The monoisotopic (exact) mass is 901 g/mol. The van der Waals surface area contributed by atoms with Gasteiger partial charge in [0, 0.05) is 42.1 Å². The zero-order valence-corrected chi connectivity index (χ0v) is 42.8. The third-order valence-corrected chi connectivity index (χ3v) is 13.3. The van der Waals surface area contributed by atoms with E-state index in [1.165, 1.54) is 128 Å². The molecule has 0 N–H and O–H groups in total. The molecule has 364 valence electrons. The van der Waals surface area contributed by atoms with Crippen molar-refractivity contribution < 1.29 is 28.7 Å². The molecule has 0 spiro atoms. The van der Waals surface area contributed by atoms with Crippen LogP contribution in [0, 0.1) is 6.92 Å². The molecule has 0 bridgehead atoms. The van der Waals surface area contributed by atoms with Gasteiger partial charge in [-0.15, -0.1) is 11.3 Å². The molecule has 1 aromatic heterocycles. The number of carbonyl (C=O) groups is 4. The zero-order valence-electron chi connectivity index (χ0n) is 41.9. The number of aryl methyl sites for hydroxylation is 1. The summed E-state index contributed by atoms with van der Waals surface area (Å²) in [7, 11) is 4.01. The van der Waals surface area contributed by atoms with Gasteiger partial charge in [-0.25, -0.2) is 4.79 Å². The lowest BCUT2D eigenvalue weighted by molar-refractivity contribution is -0.150. The second-order valence-electron chi connectivity index (χ2n) is 18.6. The van der Waals surface area contributed by atoms with Crippen molar-refractivity contribution in [2.45, 2.75) is 253 Å². The van der Waals surface area contributed by atoms with E-state index in [0.29, 0.717) is 63.1 Å². The summed E-state index contributed by atoms with van der Waals surface area (Å²) in [4.78, 5) is 55.2. The van der Waals surface area contributed by atoms with Gasteiger partial charge in [-0.05, 0) is 117 Å². The molecule has 2 heterocycles. The fourth-order valence-electron chi connectivity index (χ4n) is 8.24. The molecular formula is C54H96N2O6S. The van der Waals surface area contributed by atoms with E-state index >= 15 is 0 Å². The van der Waals surface area contributed by atoms with Crippen LogP contribution >= 0.6 is 11.3 Å². The summed E-state index contributed by atoms with van der Waals surface area (Å²) in [6, 6.07) is 0. The van der Waals surface area contributed by atoms with Crippen molar-refractivity contribution in [3.63, 3.8) is 0 Å². The molecule has 0 saturated heterocycles. The van der Waals surface area contributed by atoms with Crippen molar-refractivity contribution in [1.82, 2.24) is 9.80 Å². The average Bonchev–Trinajstić information content (AvgIpc) is 3.59. The van der Waals surface area contributed by atoms with E-state index in [-0.39, 0.29) is 23.9 Å². The number of thiophene rings is 1. The minimum absolute atomic E-state index is 0.0363. The van der Waals surface area contributed by atoms with Crippen LogP contribution in [0.1, 0.15) is 252 Å². The normalized spacial score (nSPS) is 12.9. The molecule has 1 unspecified atom stereocenters. The number of hydrogen-bond donors (Lipinski definition) is 0. The number of ketones is 1. The number of allylic oxidation sites excluding steroid dienone is 2. The van der Waals surface area contributed by atoms with Crippen LogP contribution in [0.15, 0.2) is 12.2 Å². The van der Waals surface area contributed by atoms with Gasteiger partial charge in [-0.2, -0.15) is 0 Å². The second kappa shape index (κ2) is 39.8. The predicted molar refractivity (Wildman–Crippen MR) is 267 cm³/mol. The van der Waals surface area contributed by atoms with Crippen LogP contribution < -0.4 is 0 Å². The summed E-state index contributed by atoms with van der Waals surface area (Å²) in [5.74, 6) is 0.102. The number of nitrogens with zero attached hydrogens (tertiary/aromatic N) is 2. The van der Waals surface area contributed by atoms with Crippen molar-refractivity contribution in [3.05, 3.63) is 33.0 Å². The first-order chi connectivity index (χ1) is 30.5. The van der Waals surface area contributed by atoms with E-state index in [0.717, 1.165) is 66.8 Å². The van der Waals surface area contributed by atoms with Gasteiger partial charge in [0.15, 0.2) is 0 Å². The molecule has 63 heavy (non-hydrogen) atoms. The Labute approximate surface area is 391 Å². The molecule has 1 aliphatic rings. The third-order valence-electron chi connectivity index (χ3n) is 12.1. The lowest BCUT2D eigenvalue weighted by atomic mass is 10.0. The van der Waals surface area contributed by atoms with Crippen molar-refractivity contribution >= 4 is 35.0 Å². The molecule has 0 radical (unpaired) electrons. The Balaban J connectivity index is 0.000000832. The molecular weight excluding hydrogens is 805 g/mol. The SMILES string of the molecule is CCCCCCCC/C=C\CCCCCCCC(C)=O.CCCCCCCCC(CCCCCC)OC(=O)CCCCC(=O)N1CCc2c(sc(C)c2C(=O)OCCCN(C)C)C1. The Morgan fingerprint density at radius 1 is 0.667 bits per heavy atom. The second-order valence-corrected chi connectivity index (χ2v) is 19.9. The van der Waals surface area contributed by atoms with Crippen LogP contribution in [0.3, 0.4) is 0 Å². The Kier molecular flexibility index (Phi) is 37.0. The number of fused-ring (bicyclic) bond motifs is 1. The third kappa shape index (κ3) is 31.1. The van der Waals surface area contributed by atoms with Crippen LogP contribution in [0.5, 0.6) is 0 Å². The summed E-state index contributed by atoms with van der Waals surface area (Å²) in [5, 5.41) is 0. The maximum Gasteiger partial charge on any atom is 0.339 e. The minimum Gasteiger partial charge on any atom is -0.462 e. The van der Waals surface area contributed by atoms with Gasteiger partial charge < -0.3 is 24.1 Å². The zero-order chi connectivity index (χ0) is 46.3. The summed E-state index contributed by atoms with van der Waals surface area (Å²) in [6.07, 6.45) is 40.5. The van der Waals surface area contributed by atoms with Gasteiger partial charge in [0.05, 0.1) is 18.7 Å². The van der Waals surface area contributed by atoms with Crippen molar-refractivity contribution in [1.29, 1.82) is 0 Å². The standard InChI is InChI=1S/C35H60N2O5S.C19H36O/c1-6-8-10-12-13-15-20-29(19-14-11-9-7-2)42-33(39)22-17-16-21-32(38)37-25-23-30-31(27-37)43-28(3)34(30)35(40)41-26-18-24-36(4)5;1-3-4-5-6-7-8-9-10-11-12-13-14-15-16-17-18-19(2)20/h29H,6-27H2,1-5H3;10-11H,3-9,12-18H2,1-2H3/b;11-10-. The van der Waals surface area contributed by atoms with Gasteiger partial charge in [0.2, 0.25) is 5.91 Å². The number of hydrogen-bond acceptors (Lipinski definition) is 8. The number of carbonyl (C=O) groups excluding carboxylic acids is 4. The Morgan fingerprint density at radius 2 is 1.17 bits per heavy atom. The Hall–Kier alpha value is -2.52. The average molecular weight is 901 g/mol. The highest BCUT2D eigenvalue weighted by Gasteiger charge is 2.29. The maximum atomic E-state index is 13.0. The highest BCUT2D eigenvalue weighted by Crippen LogP contribution is 2.33. The van der Waals surface area contributed by atoms with Crippen LogP contribution in [0.4, 0.5) is 0 Å². The largest absolute Gasteiger partial charge is 0.462 e. The van der Waals surface area contributed by atoms with E-state index < -0.39 is 0 Å². The maximum absolute atomic E-state index is 13.0. The van der Waals surface area contributed by atoms with Crippen LogP contribution in [-0.2, 0) is 36.8 Å².